The number of amides is 2. The Morgan fingerprint density at radius 3 is 2.69 bits per heavy atom. The van der Waals surface area contributed by atoms with Crippen molar-refractivity contribution in [2.45, 2.75) is 32.7 Å². The molecular weight excluding hydrogens is 210 g/mol. The summed E-state index contributed by atoms with van der Waals surface area (Å²) in [6.45, 7) is 4.85. The van der Waals surface area contributed by atoms with Gasteiger partial charge in [-0.2, -0.15) is 0 Å². The lowest BCUT2D eigenvalue weighted by molar-refractivity contribution is -0.120. The first-order chi connectivity index (χ1) is 7.56. The van der Waals surface area contributed by atoms with E-state index in [-0.39, 0.29) is 25.1 Å². The van der Waals surface area contributed by atoms with Crippen LogP contribution in [-0.2, 0) is 9.53 Å². The highest BCUT2D eigenvalue weighted by Gasteiger charge is 2.05. The average Bonchev–Trinajstić information content (AvgIpc) is 2.16. The number of hydrogen-bond acceptors (Lipinski definition) is 4. The number of nitrogens with one attached hydrogen (secondary N) is 2. The molecule has 0 saturated carbocycles. The Labute approximate surface area is 95.9 Å². The highest BCUT2D eigenvalue weighted by molar-refractivity contribution is 5.78. The van der Waals surface area contributed by atoms with Gasteiger partial charge in [-0.25, -0.2) is 4.79 Å². The Morgan fingerprint density at radius 2 is 2.12 bits per heavy atom. The van der Waals surface area contributed by atoms with Crippen molar-refractivity contribution >= 4 is 12.0 Å². The summed E-state index contributed by atoms with van der Waals surface area (Å²) < 4.78 is 4.49. The molecule has 0 heterocycles. The second-order valence-corrected chi connectivity index (χ2v) is 3.60. The van der Waals surface area contributed by atoms with Crippen molar-refractivity contribution in [3.63, 3.8) is 0 Å². The smallest absolute Gasteiger partial charge is 0.404 e. The first-order valence-electron chi connectivity index (χ1n) is 5.48. The normalized spacial score (nSPS) is 11.9. The molecule has 2 amide bonds. The minimum absolute atomic E-state index is 0.0555. The number of rotatable bonds is 8. The maximum atomic E-state index is 11.3. The lowest BCUT2D eigenvalue weighted by atomic mass is 10.2. The number of nitrogens with two attached hydrogens (primary N) is 1. The topological polar surface area (TPSA) is 93.4 Å². The molecule has 0 aliphatic carbocycles. The van der Waals surface area contributed by atoms with E-state index in [0.717, 1.165) is 12.8 Å². The predicted molar refractivity (Wildman–Crippen MR) is 60.9 cm³/mol. The maximum Gasteiger partial charge on any atom is 0.404 e. The van der Waals surface area contributed by atoms with Gasteiger partial charge in [0.2, 0.25) is 5.91 Å². The van der Waals surface area contributed by atoms with Crippen LogP contribution >= 0.6 is 0 Å². The van der Waals surface area contributed by atoms with Gasteiger partial charge in [-0.15, -0.1) is 0 Å². The van der Waals surface area contributed by atoms with E-state index < -0.39 is 6.09 Å². The zero-order chi connectivity index (χ0) is 12.4. The molecule has 0 rings (SSSR count). The lowest BCUT2D eigenvalue weighted by Crippen LogP contribution is -2.39. The van der Waals surface area contributed by atoms with Gasteiger partial charge in [0.1, 0.15) is 6.61 Å². The van der Waals surface area contributed by atoms with Crippen LogP contribution in [0.15, 0.2) is 0 Å². The van der Waals surface area contributed by atoms with E-state index in [2.05, 4.69) is 22.3 Å². The van der Waals surface area contributed by atoms with Crippen molar-refractivity contribution in [3.05, 3.63) is 0 Å². The second-order valence-electron chi connectivity index (χ2n) is 3.60. The Morgan fingerprint density at radius 1 is 1.44 bits per heavy atom. The van der Waals surface area contributed by atoms with Crippen LogP contribution in [0.5, 0.6) is 0 Å². The van der Waals surface area contributed by atoms with Gasteiger partial charge in [-0.1, -0.05) is 13.3 Å². The summed E-state index contributed by atoms with van der Waals surface area (Å²) in [5, 5.41) is 5.69. The molecule has 0 saturated heterocycles. The first kappa shape index (κ1) is 14.7. The van der Waals surface area contributed by atoms with Gasteiger partial charge >= 0.3 is 6.09 Å². The summed E-state index contributed by atoms with van der Waals surface area (Å²) in [5.41, 5.74) is 4.77. The van der Waals surface area contributed by atoms with Crippen LogP contribution in [0.3, 0.4) is 0 Å². The Hall–Kier alpha value is -1.30. The zero-order valence-corrected chi connectivity index (χ0v) is 9.91. The standard InChI is InChI=1S/C10H21N3O3/c1-3-4-8(2)13-9(14)7-12-5-6-16-10(11)15/h8,12H,3-7H2,1-2H3,(H2,11,15)(H,13,14). The predicted octanol–water partition coefficient (Wildman–Crippen LogP) is -0.0239. The highest BCUT2D eigenvalue weighted by Crippen LogP contribution is 1.93. The minimum atomic E-state index is -0.803. The number of primary amides is 1. The summed E-state index contributed by atoms with van der Waals surface area (Å²) in [5.74, 6) is -0.0555. The minimum Gasteiger partial charge on any atom is -0.448 e. The van der Waals surface area contributed by atoms with Crippen LogP contribution in [0.4, 0.5) is 4.79 Å². The third-order valence-corrected chi connectivity index (χ3v) is 1.94. The molecule has 1 atom stereocenters. The van der Waals surface area contributed by atoms with Crippen LogP contribution < -0.4 is 16.4 Å². The molecule has 0 aromatic heterocycles. The SMILES string of the molecule is CCCC(C)NC(=O)CNCCOC(N)=O. The molecule has 4 N–H and O–H groups in total. The van der Waals surface area contributed by atoms with Crippen molar-refractivity contribution < 1.29 is 14.3 Å². The summed E-state index contributed by atoms with van der Waals surface area (Å²) in [7, 11) is 0. The van der Waals surface area contributed by atoms with Gasteiger partial charge < -0.3 is 21.1 Å². The molecule has 0 aliphatic heterocycles. The van der Waals surface area contributed by atoms with Gasteiger partial charge in [0.05, 0.1) is 6.54 Å². The van der Waals surface area contributed by atoms with E-state index in [4.69, 9.17) is 5.73 Å². The Bertz CT molecular complexity index is 221. The molecule has 0 spiro atoms. The molecule has 16 heavy (non-hydrogen) atoms. The molecule has 0 fully saturated rings. The lowest BCUT2D eigenvalue weighted by Gasteiger charge is -2.12. The summed E-state index contributed by atoms with van der Waals surface area (Å²) in [4.78, 5) is 21.5. The van der Waals surface area contributed by atoms with Crippen molar-refractivity contribution in [2.75, 3.05) is 19.7 Å². The van der Waals surface area contributed by atoms with Crippen LogP contribution in [-0.4, -0.2) is 37.7 Å². The second kappa shape index (κ2) is 8.96. The summed E-state index contributed by atoms with van der Waals surface area (Å²) in [6, 6.07) is 0.196. The summed E-state index contributed by atoms with van der Waals surface area (Å²) >= 11 is 0. The van der Waals surface area contributed by atoms with E-state index in [9.17, 15) is 9.59 Å². The number of ether oxygens (including phenoxy) is 1. The maximum absolute atomic E-state index is 11.3. The molecule has 0 bridgehead atoms. The Kier molecular flexibility index (Phi) is 8.24. The van der Waals surface area contributed by atoms with Crippen LogP contribution in [0.2, 0.25) is 0 Å². The number of carbonyl (C=O) groups is 2. The molecule has 94 valence electrons. The quantitative estimate of drug-likeness (QED) is 0.512. The van der Waals surface area contributed by atoms with Crippen molar-refractivity contribution in [2.24, 2.45) is 5.73 Å². The van der Waals surface area contributed by atoms with Crippen molar-refractivity contribution in [1.29, 1.82) is 0 Å². The van der Waals surface area contributed by atoms with Crippen molar-refractivity contribution in [3.8, 4) is 0 Å². The van der Waals surface area contributed by atoms with Crippen molar-refractivity contribution in [1.82, 2.24) is 10.6 Å². The highest BCUT2D eigenvalue weighted by atomic mass is 16.5. The zero-order valence-electron chi connectivity index (χ0n) is 9.91. The van der Waals surface area contributed by atoms with Gasteiger partial charge in [0.25, 0.3) is 0 Å². The third kappa shape index (κ3) is 9.26. The van der Waals surface area contributed by atoms with Gasteiger partial charge in [0, 0.05) is 12.6 Å². The molecule has 0 aromatic rings. The largest absolute Gasteiger partial charge is 0.448 e. The van der Waals surface area contributed by atoms with Gasteiger partial charge in [-0.05, 0) is 13.3 Å². The fourth-order valence-corrected chi connectivity index (χ4v) is 1.26. The molecule has 1 unspecified atom stereocenters. The van der Waals surface area contributed by atoms with Crippen LogP contribution in [0, 0.1) is 0 Å². The monoisotopic (exact) mass is 231 g/mol. The first-order valence-corrected chi connectivity index (χ1v) is 5.48. The molecule has 6 nitrogen and oxygen atoms in total. The fourth-order valence-electron chi connectivity index (χ4n) is 1.26. The van der Waals surface area contributed by atoms with Gasteiger partial charge in [0.15, 0.2) is 0 Å². The van der Waals surface area contributed by atoms with E-state index in [0.29, 0.717) is 6.54 Å². The number of carbonyl (C=O) groups excluding carboxylic acids is 2. The van der Waals surface area contributed by atoms with E-state index >= 15 is 0 Å². The van der Waals surface area contributed by atoms with Gasteiger partial charge in [-0.3, -0.25) is 4.79 Å². The third-order valence-electron chi connectivity index (χ3n) is 1.94. The van der Waals surface area contributed by atoms with E-state index in [1.165, 1.54) is 0 Å². The van der Waals surface area contributed by atoms with E-state index in [1.807, 2.05) is 6.92 Å². The Balaban J connectivity index is 3.40. The fraction of sp³-hybridized carbons (Fsp3) is 0.800. The average molecular weight is 231 g/mol. The summed E-state index contributed by atoms with van der Waals surface area (Å²) in [6.07, 6.45) is 1.21. The molecule has 0 aliphatic rings. The molecule has 0 aromatic carbocycles. The van der Waals surface area contributed by atoms with Crippen LogP contribution in [0.25, 0.3) is 0 Å². The van der Waals surface area contributed by atoms with Crippen LogP contribution in [0.1, 0.15) is 26.7 Å². The number of hydrogen-bond donors (Lipinski definition) is 3. The molecular formula is C10H21N3O3. The molecule has 0 radical (unpaired) electrons. The molecule has 6 heteroatoms. The van der Waals surface area contributed by atoms with E-state index in [1.54, 1.807) is 0 Å².